The zero-order valence-corrected chi connectivity index (χ0v) is 18.2. The largest absolute Gasteiger partial charge is 0.493 e. The maximum absolute atomic E-state index is 12.9. The highest BCUT2D eigenvalue weighted by Gasteiger charge is 2.20. The Morgan fingerprint density at radius 2 is 1.59 bits per heavy atom. The average molecular weight is 427 g/mol. The van der Waals surface area contributed by atoms with Crippen molar-refractivity contribution in [1.29, 1.82) is 0 Å². The Morgan fingerprint density at radius 3 is 2.21 bits per heavy atom. The second kappa shape index (κ2) is 9.86. The van der Waals surface area contributed by atoms with E-state index in [1.807, 2.05) is 73.7 Å². The summed E-state index contributed by atoms with van der Waals surface area (Å²) < 4.78 is 10.7. The van der Waals surface area contributed by atoms with E-state index in [9.17, 15) is 4.79 Å². The van der Waals surface area contributed by atoms with Crippen molar-refractivity contribution in [3.63, 3.8) is 0 Å². The molecule has 0 saturated heterocycles. The van der Waals surface area contributed by atoms with E-state index in [1.165, 1.54) is 0 Å². The molecule has 0 aromatic heterocycles. The lowest BCUT2D eigenvalue weighted by atomic mass is 10.0. The summed E-state index contributed by atoms with van der Waals surface area (Å²) >= 11 is 7.68. The van der Waals surface area contributed by atoms with Crippen LogP contribution in [0.2, 0.25) is 5.02 Å². The Bertz CT molecular complexity index is 968. The van der Waals surface area contributed by atoms with Crippen LogP contribution in [-0.4, -0.2) is 20.0 Å². The van der Waals surface area contributed by atoms with Crippen LogP contribution in [0.15, 0.2) is 71.6 Å². The monoisotopic (exact) mass is 426 g/mol. The Morgan fingerprint density at radius 1 is 0.931 bits per heavy atom. The first kappa shape index (κ1) is 21.3. The van der Waals surface area contributed by atoms with Gasteiger partial charge in [-0.25, -0.2) is 0 Å². The number of hydrogen-bond donors (Lipinski definition) is 0. The van der Waals surface area contributed by atoms with Gasteiger partial charge in [0.2, 0.25) is 0 Å². The Labute approximate surface area is 181 Å². The molecule has 0 N–H and O–H groups in total. The first-order valence-corrected chi connectivity index (χ1v) is 10.5. The standard InChI is InChI=1S/C24H23ClO3S/c1-16-4-6-17(7-5-16)21(26)15-24(18-8-10-19(25)11-9-18)29-20-12-13-22(27-2)23(14-20)28-3/h4-14,24H,15H2,1-3H3/t24-/m0/s1. The number of halogens is 1. The van der Waals surface area contributed by atoms with Gasteiger partial charge in [0, 0.05) is 27.2 Å². The van der Waals surface area contributed by atoms with E-state index in [1.54, 1.807) is 26.0 Å². The van der Waals surface area contributed by atoms with E-state index in [-0.39, 0.29) is 11.0 Å². The van der Waals surface area contributed by atoms with Crippen LogP contribution < -0.4 is 9.47 Å². The second-order valence-corrected chi connectivity index (χ2v) is 8.38. The van der Waals surface area contributed by atoms with E-state index < -0.39 is 0 Å². The van der Waals surface area contributed by atoms with E-state index in [0.29, 0.717) is 22.9 Å². The predicted octanol–water partition coefficient (Wildman–Crippen LogP) is 6.77. The summed E-state index contributed by atoms with van der Waals surface area (Å²) in [5.74, 6) is 1.45. The first-order valence-electron chi connectivity index (χ1n) is 9.24. The van der Waals surface area contributed by atoms with Gasteiger partial charge in [-0.05, 0) is 42.8 Å². The van der Waals surface area contributed by atoms with Crippen LogP contribution in [0, 0.1) is 6.92 Å². The highest BCUT2D eigenvalue weighted by molar-refractivity contribution is 7.99. The number of thioether (sulfide) groups is 1. The highest BCUT2D eigenvalue weighted by atomic mass is 35.5. The van der Waals surface area contributed by atoms with Crippen LogP contribution in [0.3, 0.4) is 0 Å². The van der Waals surface area contributed by atoms with Gasteiger partial charge < -0.3 is 9.47 Å². The van der Waals surface area contributed by atoms with Crippen LogP contribution in [-0.2, 0) is 0 Å². The zero-order valence-electron chi connectivity index (χ0n) is 16.6. The van der Waals surface area contributed by atoms with Gasteiger partial charge in [-0.2, -0.15) is 0 Å². The summed E-state index contributed by atoms with van der Waals surface area (Å²) in [6, 6.07) is 21.2. The number of carbonyl (C=O) groups is 1. The first-order chi connectivity index (χ1) is 14.0. The average Bonchev–Trinajstić information content (AvgIpc) is 2.74. The molecule has 0 amide bonds. The molecule has 0 saturated carbocycles. The predicted molar refractivity (Wildman–Crippen MR) is 120 cm³/mol. The lowest BCUT2D eigenvalue weighted by Crippen LogP contribution is -2.05. The Hall–Kier alpha value is -2.43. The zero-order chi connectivity index (χ0) is 20.8. The number of hydrogen-bond acceptors (Lipinski definition) is 4. The van der Waals surface area contributed by atoms with Crippen molar-refractivity contribution in [3.8, 4) is 11.5 Å². The molecule has 29 heavy (non-hydrogen) atoms. The van der Waals surface area contributed by atoms with E-state index in [2.05, 4.69) is 0 Å². The summed E-state index contributed by atoms with van der Waals surface area (Å²) in [4.78, 5) is 13.9. The molecule has 0 heterocycles. The lowest BCUT2D eigenvalue weighted by Gasteiger charge is -2.18. The molecule has 0 radical (unpaired) electrons. The van der Waals surface area contributed by atoms with Gasteiger partial charge in [0.1, 0.15) is 0 Å². The van der Waals surface area contributed by atoms with E-state index >= 15 is 0 Å². The minimum Gasteiger partial charge on any atom is -0.493 e. The van der Waals surface area contributed by atoms with Crippen molar-refractivity contribution in [2.24, 2.45) is 0 Å². The van der Waals surface area contributed by atoms with Gasteiger partial charge in [0.05, 0.1) is 14.2 Å². The lowest BCUT2D eigenvalue weighted by molar-refractivity contribution is 0.0982. The minimum atomic E-state index is -0.0563. The Kier molecular flexibility index (Phi) is 7.24. The molecule has 1 atom stereocenters. The van der Waals surface area contributed by atoms with Gasteiger partial charge >= 0.3 is 0 Å². The van der Waals surface area contributed by atoms with E-state index in [0.717, 1.165) is 21.6 Å². The molecule has 0 aliphatic carbocycles. The minimum absolute atomic E-state index is 0.0563. The molecule has 0 fully saturated rings. The van der Waals surface area contributed by atoms with Crippen molar-refractivity contribution in [2.45, 2.75) is 23.5 Å². The van der Waals surface area contributed by atoms with Gasteiger partial charge in [0.15, 0.2) is 17.3 Å². The van der Waals surface area contributed by atoms with Gasteiger partial charge in [-0.3, -0.25) is 4.79 Å². The summed E-state index contributed by atoms with van der Waals surface area (Å²) in [5, 5.41) is 0.618. The summed E-state index contributed by atoms with van der Waals surface area (Å²) in [6.07, 6.45) is 0.379. The number of ketones is 1. The van der Waals surface area contributed by atoms with Crippen molar-refractivity contribution < 1.29 is 14.3 Å². The molecule has 3 aromatic carbocycles. The fourth-order valence-corrected chi connectivity index (χ4v) is 4.29. The molecule has 3 aromatic rings. The van der Waals surface area contributed by atoms with Crippen molar-refractivity contribution in [3.05, 3.63) is 88.4 Å². The smallest absolute Gasteiger partial charge is 0.164 e. The molecule has 0 bridgehead atoms. The molecule has 0 aliphatic rings. The molecule has 3 nitrogen and oxygen atoms in total. The van der Waals surface area contributed by atoms with Gasteiger partial charge in [-0.15, -0.1) is 11.8 Å². The van der Waals surface area contributed by atoms with Gasteiger partial charge in [-0.1, -0.05) is 53.6 Å². The molecule has 0 aliphatic heterocycles. The maximum atomic E-state index is 12.9. The number of methoxy groups -OCH3 is 2. The number of benzene rings is 3. The third kappa shape index (κ3) is 5.55. The van der Waals surface area contributed by atoms with Crippen LogP contribution in [0.25, 0.3) is 0 Å². The quantitative estimate of drug-likeness (QED) is 0.294. The van der Waals surface area contributed by atoms with Crippen molar-refractivity contribution in [2.75, 3.05) is 14.2 Å². The van der Waals surface area contributed by atoms with Crippen molar-refractivity contribution >= 4 is 29.1 Å². The number of rotatable bonds is 8. The van der Waals surface area contributed by atoms with E-state index in [4.69, 9.17) is 21.1 Å². The molecular weight excluding hydrogens is 404 g/mol. The third-order valence-electron chi connectivity index (χ3n) is 4.62. The van der Waals surface area contributed by atoms with Crippen LogP contribution in [0.5, 0.6) is 11.5 Å². The topological polar surface area (TPSA) is 35.5 Å². The molecule has 0 spiro atoms. The Balaban J connectivity index is 1.88. The van der Waals surface area contributed by atoms with Crippen LogP contribution >= 0.6 is 23.4 Å². The number of aryl methyl sites for hydroxylation is 1. The maximum Gasteiger partial charge on any atom is 0.164 e. The SMILES string of the molecule is COc1ccc(S[C@@H](CC(=O)c2ccc(C)cc2)c2ccc(Cl)cc2)cc1OC. The molecule has 0 unspecified atom stereocenters. The van der Waals surface area contributed by atoms with Gasteiger partial charge in [0.25, 0.3) is 0 Å². The summed E-state index contributed by atoms with van der Waals surface area (Å²) in [7, 11) is 3.23. The second-order valence-electron chi connectivity index (χ2n) is 6.67. The normalized spacial score (nSPS) is 11.7. The fourth-order valence-electron chi connectivity index (χ4n) is 2.98. The summed E-state index contributed by atoms with van der Waals surface area (Å²) in [5.41, 5.74) is 2.91. The number of ether oxygens (including phenoxy) is 2. The summed E-state index contributed by atoms with van der Waals surface area (Å²) in [6.45, 7) is 2.01. The molecule has 3 rings (SSSR count). The molecule has 5 heteroatoms. The third-order valence-corrected chi connectivity index (χ3v) is 6.12. The number of carbonyl (C=O) groups excluding carboxylic acids is 1. The van der Waals surface area contributed by atoms with Crippen LogP contribution in [0.1, 0.15) is 33.2 Å². The fraction of sp³-hybridized carbons (Fsp3) is 0.208. The van der Waals surface area contributed by atoms with Crippen molar-refractivity contribution in [1.82, 2.24) is 0 Å². The molecule has 150 valence electrons. The number of Topliss-reactive ketones (excluding diaryl/α,β-unsaturated/α-hetero) is 1. The molecular formula is C24H23ClO3S. The highest BCUT2D eigenvalue weighted by Crippen LogP contribution is 2.41. The van der Waals surface area contributed by atoms with Crippen LogP contribution in [0.4, 0.5) is 0 Å².